The summed E-state index contributed by atoms with van der Waals surface area (Å²) in [5, 5.41) is 13.8. The van der Waals surface area contributed by atoms with Crippen molar-refractivity contribution in [2.45, 2.75) is 66.5 Å². The quantitative estimate of drug-likeness (QED) is 0.693. The summed E-state index contributed by atoms with van der Waals surface area (Å²) in [6.07, 6.45) is 4.44. The molecule has 1 aromatic heterocycles. The topological polar surface area (TPSA) is 71.3 Å². The van der Waals surface area contributed by atoms with E-state index in [0.717, 1.165) is 27.6 Å². The molecule has 0 bridgehead atoms. The van der Waals surface area contributed by atoms with Crippen LogP contribution in [0.5, 0.6) is 0 Å². The molecule has 0 spiro atoms. The number of hydrogen-bond acceptors (Lipinski definition) is 3. The highest BCUT2D eigenvalue weighted by Gasteiger charge is 2.21. The van der Waals surface area contributed by atoms with Crippen LogP contribution in [0.1, 0.15) is 75.5 Å². The number of benzene rings is 1. The number of carbonyl (C=O) groups is 2. The van der Waals surface area contributed by atoms with Crippen molar-refractivity contribution in [3.63, 3.8) is 0 Å². The Morgan fingerprint density at radius 2 is 1.94 bits per heavy atom. The first-order chi connectivity index (χ1) is 14.9. The second-order valence-corrected chi connectivity index (χ2v) is 9.47. The molecule has 32 heavy (non-hydrogen) atoms. The molecule has 168 valence electrons. The number of hydrogen-bond donors (Lipinski definition) is 2. The number of nitrogens with one attached hydrogen (secondary N) is 1. The molecule has 2 N–H and O–H groups in total. The van der Waals surface area contributed by atoms with E-state index < -0.39 is 5.60 Å². The van der Waals surface area contributed by atoms with Crippen molar-refractivity contribution in [3.05, 3.63) is 57.8 Å². The van der Waals surface area contributed by atoms with E-state index in [4.69, 9.17) is 0 Å². The van der Waals surface area contributed by atoms with Crippen LogP contribution >= 0.6 is 0 Å². The molecule has 1 aromatic carbocycles. The molecule has 1 amide bonds. The van der Waals surface area contributed by atoms with E-state index in [2.05, 4.69) is 35.6 Å². The number of aryl methyl sites for hydroxylation is 1. The fourth-order valence-corrected chi connectivity index (χ4v) is 4.08. The number of ketones is 1. The summed E-state index contributed by atoms with van der Waals surface area (Å²) in [6, 6.07) is 3.94. The molecule has 5 nitrogen and oxygen atoms in total. The molecule has 0 radical (unpaired) electrons. The van der Waals surface area contributed by atoms with Gasteiger partial charge in [0.2, 0.25) is 0 Å². The van der Waals surface area contributed by atoms with Crippen molar-refractivity contribution in [2.24, 2.45) is 0 Å². The van der Waals surface area contributed by atoms with Crippen LogP contribution in [-0.4, -0.2) is 33.5 Å². The number of aromatic nitrogens is 1. The number of carbonyl (C=O) groups excluding carboxylic acids is 2. The molecule has 0 saturated carbocycles. The second-order valence-electron chi connectivity index (χ2n) is 9.47. The number of rotatable bonds is 4. The molecule has 2 aromatic rings. The summed E-state index contributed by atoms with van der Waals surface area (Å²) >= 11 is 0. The van der Waals surface area contributed by atoms with E-state index in [9.17, 15) is 14.7 Å². The third kappa shape index (κ3) is 5.03. The maximum Gasteiger partial charge on any atom is 0.252 e. The van der Waals surface area contributed by atoms with Crippen molar-refractivity contribution in [1.82, 2.24) is 9.88 Å². The lowest BCUT2D eigenvalue weighted by molar-refractivity contribution is -0.115. The molecule has 0 fully saturated rings. The molecule has 3 rings (SSSR count). The van der Waals surface area contributed by atoms with Crippen molar-refractivity contribution in [2.75, 3.05) is 6.54 Å². The van der Waals surface area contributed by atoms with Gasteiger partial charge in [-0.2, -0.15) is 0 Å². The zero-order valence-corrected chi connectivity index (χ0v) is 20.0. The smallest absolute Gasteiger partial charge is 0.252 e. The zero-order chi connectivity index (χ0) is 23.8. The first kappa shape index (κ1) is 23.6. The van der Waals surface area contributed by atoms with E-state index in [0.29, 0.717) is 23.1 Å². The van der Waals surface area contributed by atoms with E-state index in [1.165, 1.54) is 0 Å². The predicted molar refractivity (Wildman–Crippen MR) is 129 cm³/mol. The summed E-state index contributed by atoms with van der Waals surface area (Å²) in [4.78, 5) is 25.7. The van der Waals surface area contributed by atoms with Gasteiger partial charge in [0.1, 0.15) is 5.60 Å². The van der Waals surface area contributed by atoms with Crippen LogP contribution in [0.15, 0.2) is 41.1 Å². The third-order valence-electron chi connectivity index (χ3n) is 5.58. The average molecular weight is 433 g/mol. The fraction of sp³-hybridized carbons (Fsp3) is 0.407. The minimum Gasteiger partial charge on any atom is -0.378 e. The zero-order valence-electron chi connectivity index (χ0n) is 20.0. The van der Waals surface area contributed by atoms with Crippen LogP contribution in [0.2, 0.25) is 0 Å². The summed E-state index contributed by atoms with van der Waals surface area (Å²) in [7, 11) is 0. The summed E-state index contributed by atoms with van der Waals surface area (Å²) < 4.78 is 2.13. The Balaban J connectivity index is 2.05. The Bertz CT molecular complexity index is 1220. The van der Waals surface area contributed by atoms with Gasteiger partial charge in [0.05, 0.1) is 11.1 Å². The first-order valence-corrected chi connectivity index (χ1v) is 11.0. The lowest BCUT2D eigenvalue weighted by Gasteiger charge is -2.16. The van der Waals surface area contributed by atoms with Gasteiger partial charge in [0, 0.05) is 41.7 Å². The van der Waals surface area contributed by atoms with E-state index in [-0.39, 0.29) is 24.3 Å². The van der Waals surface area contributed by atoms with Crippen molar-refractivity contribution in [1.29, 1.82) is 0 Å². The van der Waals surface area contributed by atoms with Crippen molar-refractivity contribution >= 4 is 22.6 Å². The first-order valence-electron chi connectivity index (χ1n) is 11.0. The van der Waals surface area contributed by atoms with Gasteiger partial charge in [0.25, 0.3) is 5.91 Å². The van der Waals surface area contributed by atoms with Gasteiger partial charge in [-0.3, -0.25) is 9.59 Å². The summed E-state index contributed by atoms with van der Waals surface area (Å²) in [5.41, 5.74) is 4.56. The van der Waals surface area contributed by atoms with E-state index >= 15 is 0 Å². The van der Waals surface area contributed by atoms with Gasteiger partial charge in [-0.05, 0) is 71.7 Å². The number of nitrogens with zero attached hydrogens (tertiary/aromatic N) is 1. The Morgan fingerprint density at radius 3 is 2.53 bits per heavy atom. The van der Waals surface area contributed by atoms with Crippen LogP contribution in [-0.2, 0) is 4.79 Å². The summed E-state index contributed by atoms with van der Waals surface area (Å²) in [6.45, 7) is 13.5. The Hall–Kier alpha value is -3.10. The number of aliphatic hydroxyl groups is 1. The highest BCUT2D eigenvalue weighted by atomic mass is 16.3. The van der Waals surface area contributed by atoms with Crippen LogP contribution < -0.4 is 5.32 Å². The lowest BCUT2D eigenvalue weighted by atomic mass is 9.92. The monoisotopic (exact) mass is 432 g/mol. The molecule has 0 aliphatic heterocycles. The van der Waals surface area contributed by atoms with Gasteiger partial charge >= 0.3 is 0 Å². The largest absolute Gasteiger partial charge is 0.378 e. The number of amides is 1. The lowest BCUT2D eigenvalue weighted by Crippen LogP contribution is -2.29. The van der Waals surface area contributed by atoms with Gasteiger partial charge in [-0.25, -0.2) is 0 Å². The molecule has 1 aliphatic carbocycles. The van der Waals surface area contributed by atoms with Crippen LogP contribution in [0.3, 0.4) is 0 Å². The Morgan fingerprint density at radius 1 is 1.25 bits per heavy atom. The van der Waals surface area contributed by atoms with Gasteiger partial charge in [-0.1, -0.05) is 23.5 Å². The number of fused-ring (bicyclic) bond motifs is 1. The SMILES string of the molecule is CC1=CC(C)=C(CNC(=O)c2cc(C#CC(C)(C)O)cc3c2c(C)cn3C(C)C)C(=O)C1. The number of Topliss-reactive ketones (excluding diaryl/α,β-unsaturated/α-hetero) is 1. The minimum absolute atomic E-state index is 0.0554. The molecule has 0 unspecified atom stereocenters. The molecule has 0 atom stereocenters. The highest BCUT2D eigenvalue weighted by molar-refractivity contribution is 6.09. The van der Waals surface area contributed by atoms with Crippen LogP contribution in [0.4, 0.5) is 0 Å². The van der Waals surface area contributed by atoms with Gasteiger partial charge in [-0.15, -0.1) is 0 Å². The van der Waals surface area contributed by atoms with Crippen molar-refractivity contribution in [3.8, 4) is 11.8 Å². The van der Waals surface area contributed by atoms with E-state index in [1.807, 2.05) is 39.1 Å². The van der Waals surface area contributed by atoms with E-state index in [1.54, 1.807) is 19.9 Å². The molecule has 1 heterocycles. The third-order valence-corrected chi connectivity index (χ3v) is 5.58. The molecular formula is C27H32N2O3. The normalized spacial score (nSPS) is 14.5. The molecular weight excluding hydrogens is 400 g/mol. The average Bonchev–Trinajstić information content (AvgIpc) is 3.01. The van der Waals surface area contributed by atoms with Crippen LogP contribution in [0, 0.1) is 18.8 Å². The second kappa shape index (κ2) is 8.80. The summed E-state index contributed by atoms with van der Waals surface area (Å²) in [5.74, 6) is 5.65. The molecule has 1 aliphatic rings. The molecule has 5 heteroatoms. The van der Waals surface area contributed by atoms with Gasteiger partial charge < -0.3 is 15.0 Å². The van der Waals surface area contributed by atoms with Crippen LogP contribution in [0.25, 0.3) is 10.9 Å². The van der Waals surface area contributed by atoms with Gasteiger partial charge in [0.15, 0.2) is 5.78 Å². The maximum atomic E-state index is 13.3. The fourth-order valence-electron chi connectivity index (χ4n) is 4.08. The van der Waals surface area contributed by atoms with Crippen molar-refractivity contribution < 1.29 is 14.7 Å². The molecule has 0 saturated heterocycles. The minimum atomic E-state index is -1.13. The highest BCUT2D eigenvalue weighted by Crippen LogP contribution is 2.29. The predicted octanol–water partition coefficient (Wildman–Crippen LogP) is 4.62. The Kier molecular flexibility index (Phi) is 6.48. The number of allylic oxidation sites excluding steroid dienone is 3. The maximum absolute atomic E-state index is 13.3. The standard InChI is InChI=1S/C27H32N2O3/c1-16(2)29-15-19(5)25-21(12-20(13-23(25)29)8-9-27(6,7)32)26(31)28-14-22-18(4)10-17(3)11-24(22)30/h10,12-13,15-16,32H,11,14H2,1-7H3,(H,28,31). The Labute approximate surface area is 190 Å².